The Kier molecular flexibility index (Phi) is 7.89. The van der Waals surface area contributed by atoms with Gasteiger partial charge in [0.2, 0.25) is 11.8 Å². The number of hydrogen-bond acceptors (Lipinski definition) is 6. The Labute approximate surface area is 210 Å². The maximum absolute atomic E-state index is 13.4. The number of likely N-dealkylation sites (tertiary alicyclic amines) is 1. The van der Waals surface area contributed by atoms with Crippen molar-refractivity contribution in [2.24, 2.45) is 17.8 Å². The first-order valence-corrected chi connectivity index (χ1v) is 13.1. The summed E-state index contributed by atoms with van der Waals surface area (Å²) in [5.41, 5.74) is 3.78. The number of allylic oxidation sites excluding steroid dienone is 2. The van der Waals surface area contributed by atoms with Gasteiger partial charge in [0.15, 0.2) is 0 Å². The lowest BCUT2D eigenvalue weighted by Gasteiger charge is -2.36. The van der Waals surface area contributed by atoms with E-state index in [1.165, 1.54) is 16.2 Å². The summed E-state index contributed by atoms with van der Waals surface area (Å²) in [7, 11) is 0. The number of aliphatic hydroxyl groups excluding tert-OH is 2. The molecule has 0 bridgehead atoms. The lowest BCUT2D eigenvalue weighted by atomic mass is 9.67. The summed E-state index contributed by atoms with van der Waals surface area (Å²) in [6.45, 7) is 3.99. The molecule has 4 atom stereocenters. The number of amides is 2. The zero-order valence-electron chi connectivity index (χ0n) is 20.2. The third kappa shape index (κ3) is 5.27. The third-order valence-corrected chi connectivity index (χ3v) is 8.13. The molecule has 6 nitrogen and oxygen atoms in total. The van der Waals surface area contributed by atoms with Gasteiger partial charge in [-0.3, -0.25) is 14.5 Å². The van der Waals surface area contributed by atoms with Gasteiger partial charge < -0.3 is 15.3 Å². The number of hydrogen-bond donors (Lipinski definition) is 3. The number of imide groups is 1. The fourth-order valence-corrected chi connectivity index (χ4v) is 6.22. The van der Waals surface area contributed by atoms with Gasteiger partial charge in [0, 0.05) is 10.8 Å². The number of carbonyl (C=O) groups is 2. The molecule has 35 heavy (non-hydrogen) atoms. The highest BCUT2D eigenvalue weighted by Crippen LogP contribution is 2.47. The van der Waals surface area contributed by atoms with Crippen LogP contribution < -0.4 is 0 Å². The van der Waals surface area contributed by atoms with Gasteiger partial charge in [0.25, 0.3) is 0 Å². The van der Waals surface area contributed by atoms with Gasteiger partial charge in [0.1, 0.15) is 5.75 Å². The van der Waals surface area contributed by atoms with E-state index in [0.29, 0.717) is 25.7 Å². The molecule has 1 aliphatic carbocycles. The number of benzene rings is 1. The second kappa shape index (κ2) is 10.9. The van der Waals surface area contributed by atoms with Crippen LogP contribution in [0.1, 0.15) is 50.0 Å². The molecular weight excluding hydrogens is 462 g/mol. The molecule has 2 amide bonds. The molecule has 186 valence electrons. The monoisotopic (exact) mass is 495 g/mol. The first-order valence-electron chi connectivity index (χ1n) is 12.2. The zero-order chi connectivity index (χ0) is 25.1. The Morgan fingerprint density at radius 2 is 1.94 bits per heavy atom. The number of phenols is 1. The number of fused-ring (bicyclic) bond motifs is 1. The van der Waals surface area contributed by atoms with Crippen molar-refractivity contribution in [3.05, 3.63) is 68.9 Å². The Morgan fingerprint density at radius 3 is 2.57 bits per heavy atom. The Bertz CT molecular complexity index is 1120. The number of aromatic hydroxyl groups is 1. The van der Waals surface area contributed by atoms with Crippen LogP contribution in [-0.4, -0.2) is 44.7 Å². The molecular formula is C28H33NO5S. The summed E-state index contributed by atoms with van der Waals surface area (Å²) in [6, 6.07) is 10.8. The van der Waals surface area contributed by atoms with Crippen LogP contribution >= 0.6 is 11.3 Å². The summed E-state index contributed by atoms with van der Waals surface area (Å²) < 4.78 is 0. The van der Waals surface area contributed by atoms with Crippen molar-refractivity contribution in [3.63, 3.8) is 0 Å². The number of rotatable bonds is 9. The second-order valence-corrected chi connectivity index (χ2v) is 10.5. The fraction of sp³-hybridized carbons (Fsp3) is 0.429. The van der Waals surface area contributed by atoms with Gasteiger partial charge >= 0.3 is 0 Å². The smallest absolute Gasteiger partial charge is 0.234 e. The molecule has 1 aromatic carbocycles. The topological polar surface area (TPSA) is 98.1 Å². The van der Waals surface area contributed by atoms with Gasteiger partial charge in [-0.25, -0.2) is 0 Å². The van der Waals surface area contributed by atoms with Gasteiger partial charge in [-0.2, -0.15) is 0 Å². The normalized spacial score (nSPS) is 23.7. The number of thiophene rings is 1. The Hall–Kier alpha value is -2.74. The summed E-state index contributed by atoms with van der Waals surface area (Å²) in [5.74, 6) is -1.84. The van der Waals surface area contributed by atoms with E-state index in [1.807, 2.05) is 49.6 Å². The first-order chi connectivity index (χ1) is 16.8. The Balaban J connectivity index is 1.52. The number of nitrogens with zero attached hydrogens (tertiary/aromatic N) is 1. The highest BCUT2D eigenvalue weighted by atomic mass is 32.1. The van der Waals surface area contributed by atoms with Crippen molar-refractivity contribution < 1.29 is 24.9 Å². The minimum Gasteiger partial charge on any atom is -0.508 e. The highest BCUT2D eigenvalue weighted by Gasteiger charge is 2.54. The number of phenolic OH excluding ortho intramolecular Hbond substituents is 1. The van der Waals surface area contributed by atoms with Crippen LogP contribution in [0, 0.1) is 17.8 Å². The van der Waals surface area contributed by atoms with Gasteiger partial charge in [-0.15, -0.1) is 11.3 Å². The van der Waals surface area contributed by atoms with E-state index in [0.717, 1.165) is 27.2 Å². The molecule has 1 saturated heterocycles. The van der Waals surface area contributed by atoms with E-state index in [-0.39, 0.29) is 30.7 Å². The van der Waals surface area contributed by atoms with Crippen LogP contribution in [0.2, 0.25) is 0 Å². The van der Waals surface area contributed by atoms with Crippen LogP contribution in [0.15, 0.2) is 58.5 Å². The van der Waals surface area contributed by atoms with E-state index in [4.69, 9.17) is 0 Å². The molecule has 2 aromatic rings. The molecule has 4 rings (SSSR count). The standard InChI is InChI=1S/C28H33NO5S/c1-3-19-14-22-26(28(34)29(27(22)33)15-21-5-4-12-35-21)23(16-30)25(19)24(32)11-6-17(2)13-18-7-9-20(31)10-8-18/h4-5,7-10,12-13,22-24,26,30-32H,3,6,11,14-16H2,1-2H3/b17-13+/t22-,23+,24-,26-/m1/s1. The number of aliphatic hydroxyl groups is 2. The van der Waals surface area contributed by atoms with Crippen LogP contribution in [0.25, 0.3) is 6.08 Å². The van der Waals surface area contributed by atoms with E-state index in [9.17, 15) is 24.9 Å². The number of carbonyl (C=O) groups excluding carboxylic acids is 2. The predicted molar refractivity (Wildman–Crippen MR) is 136 cm³/mol. The molecule has 2 heterocycles. The predicted octanol–water partition coefficient (Wildman–Crippen LogP) is 4.52. The van der Waals surface area contributed by atoms with E-state index >= 15 is 0 Å². The van der Waals surface area contributed by atoms with E-state index in [2.05, 4.69) is 0 Å². The van der Waals surface area contributed by atoms with E-state index in [1.54, 1.807) is 12.1 Å². The first kappa shape index (κ1) is 25.4. The van der Waals surface area contributed by atoms with Crippen molar-refractivity contribution in [2.75, 3.05) is 6.61 Å². The lowest BCUT2D eigenvalue weighted by Crippen LogP contribution is -2.39. The average Bonchev–Trinajstić information content (AvgIpc) is 3.45. The van der Waals surface area contributed by atoms with E-state index < -0.39 is 23.9 Å². The molecule has 0 radical (unpaired) electrons. The van der Waals surface area contributed by atoms with Crippen LogP contribution in [0.3, 0.4) is 0 Å². The molecule has 2 aliphatic rings. The van der Waals surface area contributed by atoms with Crippen LogP contribution in [0.4, 0.5) is 0 Å². The average molecular weight is 496 g/mol. The van der Waals surface area contributed by atoms with Crippen molar-refractivity contribution in [3.8, 4) is 5.75 Å². The maximum Gasteiger partial charge on any atom is 0.234 e. The van der Waals surface area contributed by atoms with Crippen molar-refractivity contribution in [1.82, 2.24) is 4.90 Å². The van der Waals surface area contributed by atoms with Gasteiger partial charge in [0.05, 0.1) is 31.1 Å². The summed E-state index contributed by atoms with van der Waals surface area (Å²) >= 11 is 1.51. The summed E-state index contributed by atoms with van der Waals surface area (Å²) in [4.78, 5) is 28.9. The minimum absolute atomic E-state index is 0.168. The zero-order valence-corrected chi connectivity index (χ0v) is 21.0. The molecule has 0 spiro atoms. The van der Waals surface area contributed by atoms with Crippen molar-refractivity contribution in [2.45, 2.75) is 52.2 Å². The molecule has 1 fully saturated rings. The third-order valence-electron chi connectivity index (χ3n) is 7.27. The van der Waals surface area contributed by atoms with Crippen molar-refractivity contribution >= 4 is 29.2 Å². The quantitative estimate of drug-likeness (QED) is 0.351. The summed E-state index contributed by atoms with van der Waals surface area (Å²) in [6.07, 6.45) is 3.46. The van der Waals surface area contributed by atoms with Crippen LogP contribution in [0.5, 0.6) is 5.75 Å². The fourth-order valence-electron chi connectivity index (χ4n) is 5.52. The SMILES string of the molecule is CCC1=C([C@H](O)CC/C(C)=C/c2ccc(O)cc2)[C@H](CO)[C@@H]2C(=O)N(Cc3cccs3)C(=O)[C@@H]2C1. The Morgan fingerprint density at radius 1 is 1.20 bits per heavy atom. The van der Waals surface area contributed by atoms with Gasteiger partial charge in [-0.1, -0.05) is 42.3 Å². The molecule has 1 aliphatic heterocycles. The highest BCUT2D eigenvalue weighted by molar-refractivity contribution is 7.09. The van der Waals surface area contributed by atoms with Gasteiger partial charge in [-0.05, 0) is 67.3 Å². The summed E-state index contributed by atoms with van der Waals surface area (Å²) in [5, 5.41) is 33.0. The second-order valence-electron chi connectivity index (χ2n) is 9.52. The molecule has 0 unspecified atom stereocenters. The lowest BCUT2D eigenvalue weighted by molar-refractivity contribution is -0.140. The minimum atomic E-state index is -0.791. The van der Waals surface area contributed by atoms with Crippen LogP contribution in [-0.2, 0) is 16.1 Å². The maximum atomic E-state index is 13.4. The molecule has 3 N–H and O–H groups in total. The molecule has 0 saturated carbocycles. The largest absolute Gasteiger partial charge is 0.508 e. The molecule has 7 heteroatoms. The molecule has 1 aromatic heterocycles. The van der Waals surface area contributed by atoms with Crippen molar-refractivity contribution in [1.29, 1.82) is 0 Å².